The molecule has 2 rings (SSSR count). The Labute approximate surface area is 156 Å². The smallest absolute Gasteiger partial charge is 0.411 e. The van der Waals surface area contributed by atoms with Crippen LogP contribution in [0.25, 0.3) is 0 Å². The predicted octanol–water partition coefficient (Wildman–Crippen LogP) is 5.40. The van der Waals surface area contributed by atoms with Crippen LogP contribution in [0.4, 0.5) is 10.5 Å². The predicted molar refractivity (Wildman–Crippen MR) is 106 cm³/mol. The molecule has 5 heteroatoms. The van der Waals surface area contributed by atoms with Crippen molar-refractivity contribution in [3.05, 3.63) is 47.8 Å². The average Bonchev–Trinajstić information content (AvgIpc) is 2.99. The number of hydrogen-bond acceptors (Lipinski definition) is 3. The number of nitrogens with zero attached hydrogens (tertiary/aromatic N) is 2. The van der Waals surface area contributed by atoms with E-state index in [-0.39, 0.29) is 12.0 Å². The minimum absolute atomic E-state index is 0.184. The molecule has 0 saturated heterocycles. The molecule has 1 N–H and O–H groups in total. The van der Waals surface area contributed by atoms with E-state index < -0.39 is 6.09 Å². The zero-order valence-electron chi connectivity index (χ0n) is 16.7. The number of anilines is 1. The standard InChI is InChI=1S/C21H31N3O2/c1-14(2)18-12-19(15(3)4)24(23-18)13-20(16(5)6)26-21(25)22-17-10-8-7-9-11-17/h7-12,14-16,20H,13H2,1-6H3,(H,22,25). The maximum absolute atomic E-state index is 12.3. The van der Waals surface area contributed by atoms with Crippen LogP contribution < -0.4 is 5.32 Å². The van der Waals surface area contributed by atoms with E-state index in [0.29, 0.717) is 18.4 Å². The Kier molecular flexibility index (Phi) is 6.83. The van der Waals surface area contributed by atoms with E-state index >= 15 is 0 Å². The molecular formula is C21H31N3O2. The molecule has 1 heterocycles. The molecule has 1 aromatic heterocycles. The first kappa shape index (κ1) is 20.0. The summed E-state index contributed by atoms with van der Waals surface area (Å²) < 4.78 is 7.71. The molecule has 5 nitrogen and oxygen atoms in total. The third-order valence-electron chi connectivity index (χ3n) is 4.39. The third-order valence-corrected chi connectivity index (χ3v) is 4.39. The van der Waals surface area contributed by atoms with E-state index in [1.165, 1.54) is 5.69 Å². The zero-order chi connectivity index (χ0) is 19.3. The first-order valence-electron chi connectivity index (χ1n) is 9.38. The number of carbonyl (C=O) groups is 1. The number of ether oxygens (including phenoxy) is 1. The number of hydrogen-bond donors (Lipinski definition) is 1. The van der Waals surface area contributed by atoms with E-state index in [1.54, 1.807) is 0 Å². The summed E-state index contributed by atoms with van der Waals surface area (Å²) in [5.74, 6) is 0.915. The van der Waals surface area contributed by atoms with Gasteiger partial charge in [-0.3, -0.25) is 10.00 Å². The molecule has 0 aliphatic carbocycles. The Balaban J connectivity index is 2.12. The van der Waals surface area contributed by atoms with Crippen molar-refractivity contribution in [3.8, 4) is 0 Å². The van der Waals surface area contributed by atoms with Crippen molar-refractivity contribution < 1.29 is 9.53 Å². The van der Waals surface area contributed by atoms with Crippen LogP contribution in [0, 0.1) is 5.92 Å². The Hall–Kier alpha value is -2.30. The van der Waals surface area contributed by atoms with Crippen molar-refractivity contribution in [2.45, 2.75) is 66.0 Å². The summed E-state index contributed by atoms with van der Waals surface area (Å²) in [6.07, 6.45) is -0.687. The highest BCUT2D eigenvalue weighted by Crippen LogP contribution is 2.22. The first-order chi connectivity index (χ1) is 12.3. The second kappa shape index (κ2) is 8.88. The van der Waals surface area contributed by atoms with E-state index in [4.69, 9.17) is 9.84 Å². The van der Waals surface area contributed by atoms with Gasteiger partial charge in [-0.25, -0.2) is 4.79 Å². The lowest BCUT2D eigenvalue weighted by molar-refractivity contribution is 0.0672. The topological polar surface area (TPSA) is 56.1 Å². The van der Waals surface area contributed by atoms with E-state index in [0.717, 1.165) is 11.4 Å². The lowest BCUT2D eigenvalue weighted by Gasteiger charge is -2.23. The summed E-state index contributed by atoms with van der Waals surface area (Å²) in [4.78, 5) is 12.3. The van der Waals surface area contributed by atoms with Gasteiger partial charge in [-0.2, -0.15) is 5.10 Å². The molecular weight excluding hydrogens is 326 g/mol. The van der Waals surface area contributed by atoms with Crippen LogP contribution >= 0.6 is 0 Å². The molecule has 0 radical (unpaired) electrons. The van der Waals surface area contributed by atoms with Crippen molar-refractivity contribution in [2.24, 2.45) is 5.92 Å². The lowest BCUT2D eigenvalue weighted by Crippen LogP contribution is -2.31. The number of amides is 1. The van der Waals surface area contributed by atoms with Crippen molar-refractivity contribution in [1.82, 2.24) is 9.78 Å². The van der Waals surface area contributed by atoms with E-state index in [2.05, 4.69) is 52.9 Å². The number of aromatic nitrogens is 2. The molecule has 0 spiro atoms. The molecule has 1 aromatic carbocycles. The minimum atomic E-state index is -0.433. The summed E-state index contributed by atoms with van der Waals surface area (Å²) >= 11 is 0. The summed E-state index contributed by atoms with van der Waals surface area (Å²) in [6.45, 7) is 13.3. The monoisotopic (exact) mass is 357 g/mol. The third kappa shape index (κ3) is 5.35. The molecule has 0 aliphatic rings. The van der Waals surface area contributed by atoms with Gasteiger partial charge in [0.1, 0.15) is 6.10 Å². The van der Waals surface area contributed by atoms with Crippen LogP contribution in [-0.4, -0.2) is 22.0 Å². The van der Waals surface area contributed by atoms with Crippen molar-refractivity contribution >= 4 is 11.8 Å². The van der Waals surface area contributed by atoms with Crippen LogP contribution in [0.3, 0.4) is 0 Å². The largest absolute Gasteiger partial charge is 0.444 e. The normalized spacial score (nSPS) is 12.7. The molecule has 142 valence electrons. The molecule has 1 amide bonds. The quantitative estimate of drug-likeness (QED) is 0.721. The Morgan fingerprint density at radius 2 is 1.73 bits per heavy atom. The fraction of sp³-hybridized carbons (Fsp3) is 0.524. The van der Waals surface area contributed by atoms with E-state index in [1.807, 2.05) is 35.0 Å². The minimum Gasteiger partial charge on any atom is -0.444 e. The van der Waals surface area contributed by atoms with Gasteiger partial charge in [-0.1, -0.05) is 59.7 Å². The highest BCUT2D eigenvalue weighted by Gasteiger charge is 2.22. The highest BCUT2D eigenvalue weighted by molar-refractivity contribution is 5.84. The van der Waals surface area contributed by atoms with Crippen LogP contribution in [0.1, 0.15) is 64.8 Å². The average molecular weight is 357 g/mol. The number of para-hydroxylation sites is 1. The summed E-state index contributed by atoms with van der Waals surface area (Å²) in [5.41, 5.74) is 2.97. The molecule has 2 aromatic rings. The second-order valence-electron chi connectivity index (χ2n) is 7.66. The lowest BCUT2D eigenvalue weighted by atomic mass is 10.1. The first-order valence-corrected chi connectivity index (χ1v) is 9.38. The van der Waals surface area contributed by atoms with Gasteiger partial charge in [0.15, 0.2) is 0 Å². The maximum Gasteiger partial charge on any atom is 0.411 e. The van der Waals surface area contributed by atoms with Crippen LogP contribution in [0.15, 0.2) is 36.4 Å². The van der Waals surface area contributed by atoms with Gasteiger partial charge >= 0.3 is 6.09 Å². The number of rotatable bonds is 7. The fourth-order valence-electron chi connectivity index (χ4n) is 2.71. The van der Waals surface area contributed by atoms with Crippen LogP contribution in [0.5, 0.6) is 0 Å². The van der Waals surface area contributed by atoms with Gasteiger partial charge in [0.05, 0.1) is 12.2 Å². The second-order valence-corrected chi connectivity index (χ2v) is 7.66. The molecule has 0 fully saturated rings. The Morgan fingerprint density at radius 3 is 2.27 bits per heavy atom. The Morgan fingerprint density at radius 1 is 1.08 bits per heavy atom. The highest BCUT2D eigenvalue weighted by atomic mass is 16.6. The number of carbonyl (C=O) groups excluding carboxylic acids is 1. The molecule has 1 atom stereocenters. The molecule has 26 heavy (non-hydrogen) atoms. The number of benzene rings is 1. The van der Waals surface area contributed by atoms with Crippen molar-refractivity contribution in [3.63, 3.8) is 0 Å². The molecule has 0 saturated carbocycles. The Bertz CT molecular complexity index is 705. The summed E-state index contributed by atoms with van der Waals surface area (Å²) in [6, 6.07) is 11.5. The molecule has 0 aliphatic heterocycles. The molecule has 0 bridgehead atoms. The van der Waals surface area contributed by atoms with Gasteiger partial charge < -0.3 is 4.74 Å². The zero-order valence-corrected chi connectivity index (χ0v) is 16.7. The summed E-state index contributed by atoms with van der Waals surface area (Å²) in [7, 11) is 0. The maximum atomic E-state index is 12.3. The summed E-state index contributed by atoms with van der Waals surface area (Å²) in [5, 5.41) is 7.53. The van der Waals surface area contributed by atoms with Crippen LogP contribution in [-0.2, 0) is 11.3 Å². The van der Waals surface area contributed by atoms with Gasteiger partial charge in [0.25, 0.3) is 0 Å². The van der Waals surface area contributed by atoms with Crippen molar-refractivity contribution in [2.75, 3.05) is 5.32 Å². The van der Waals surface area contributed by atoms with E-state index in [9.17, 15) is 4.79 Å². The molecule has 1 unspecified atom stereocenters. The van der Waals surface area contributed by atoms with Gasteiger partial charge in [-0.05, 0) is 36.0 Å². The van der Waals surface area contributed by atoms with Gasteiger partial charge in [0, 0.05) is 11.4 Å². The van der Waals surface area contributed by atoms with Gasteiger partial charge in [-0.15, -0.1) is 0 Å². The fourth-order valence-corrected chi connectivity index (χ4v) is 2.71. The van der Waals surface area contributed by atoms with Gasteiger partial charge in [0.2, 0.25) is 0 Å². The SMILES string of the molecule is CC(C)c1cc(C(C)C)n(CC(OC(=O)Nc2ccccc2)C(C)C)n1. The number of nitrogens with one attached hydrogen (secondary N) is 1. The van der Waals surface area contributed by atoms with Crippen molar-refractivity contribution in [1.29, 1.82) is 0 Å². The van der Waals surface area contributed by atoms with Crippen LogP contribution in [0.2, 0.25) is 0 Å².